The van der Waals surface area contributed by atoms with Crippen LogP contribution in [0.3, 0.4) is 0 Å². The molecular formula is C16H16BrNO2S. The molecular weight excluding hydrogens is 350 g/mol. The minimum absolute atomic E-state index is 0.318. The highest BCUT2D eigenvalue weighted by molar-refractivity contribution is 9.10. The third-order valence-corrected chi connectivity index (χ3v) is 5.39. The van der Waals surface area contributed by atoms with Crippen LogP contribution in [0.25, 0.3) is 10.4 Å². The number of aliphatic carboxylic acids is 1. The van der Waals surface area contributed by atoms with Crippen molar-refractivity contribution in [2.45, 2.75) is 25.4 Å². The highest BCUT2D eigenvalue weighted by atomic mass is 79.9. The number of hydrogen-bond donors (Lipinski definition) is 1. The molecule has 5 heteroatoms. The Hall–Kier alpha value is -1.17. The predicted molar refractivity (Wildman–Crippen MR) is 88.5 cm³/mol. The summed E-state index contributed by atoms with van der Waals surface area (Å²) in [5.41, 5.74) is 1.19. The molecule has 0 unspecified atom stereocenters. The molecule has 1 N–H and O–H groups in total. The Bertz CT molecular complexity index is 655. The topological polar surface area (TPSA) is 40.5 Å². The van der Waals surface area contributed by atoms with Gasteiger partial charge in [-0.05, 0) is 49.2 Å². The molecule has 1 aromatic heterocycles. The van der Waals surface area contributed by atoms with Crippen molar-refractivity contribution in [3.05, 3.63) is 45.7 Å². The number of halogens is 1. The van der Waals surface area contributed by atoms with Gasteiger partial charge in [0.1, 0.15) is 6.04 Å². The average Bonchev–Trinajstić information content (AvgIpc) is 3.08. The molecule has 0 aliphatic carbocycles. The van der Waals surface area contributed by atoms with Crippen LogP contribution in [0.2, 0.25) is 0 Å². The first-order valence-corrected chi connectivity index (χ1v) is 8.56. The molecule has 0 bridgehead atoms. The maximum absolute atomic E-state index is 11.2. The number of rotatable bonds is 4. The largest absolute Gasteiger partial charge is 0.480 e. The lowest BCUT2D eigenvalue weighted by atomic mass is 10.2. The third-order valence-electron chi connectivity index (χ3n) is 3.78. The first-order valence-electron chi connectivity index (χ1n) is 6.95. The van der Waals surface area contributed by atoms with Gasteiger partial charge in [-0.25, -0.2) is 0 Å². The van der Waals surface area contributed by atoms with Gasteiger partial charge in [0, 0.05) is 20.8 Å². The fraction of sp³-hybridized carbons (Fsp3) is 0.312. The average molecular weight is 366 g/mol. The number of carboxylic acids is 1. The van der Waals surface area contributed by atoms with Crippen molar-refractivity contribution < 1.29 is 9.90 Å². The zero-order chi connectivity index (χ0) is 14.8. The van der Waals surface area contributed by atoms with Crippen molar-refractivity contribution in [1.29, 1.82) is 0 Å². The molecule has 2 aromatic rings. The Morgan fingerprint density at radius 2 is 2.24 bits per heavy atom. The second-order valence-electron chi connectivity index (χ2n) is 5.24. The summed E-state index contributed by atoms with van der Waals surface area (Å²) in [5.74, 6) is -0.698. The number of hydrogen-bond acceptors (Lipinski definition) is 3. The zero-order valence-electron chi connectivity index (χ0n) is 11.5. The van der Waals surface area contributed by atoms with Crippen molar-refractivity contribution in [2.24, 2.45) is 0 Å². The fourth-order valence-electron chi connectivity index (χ4n) is 2.76. The maximum Gasteiger partial charge on any atom is 0.320 e. The Balaban J connectivity index is 1.75. The molecule has 1 saturated heterocycles. The first-order chi connectivity index (χ1) is 10.1. The molecule has 3 rings (SSSR count). The smallest absolute Gasteiger partial charge is 0.320 e. The van der Waals surface area contributed by atoms with E-state index in [1.165, 1.54) is 15.3 Å². The second kappa shape index (κ2) is 6.30. The lowest BCUT2D eigenvalue weighted by Crippen LogP contribution is -2.35. The van der Waals surface area contributed by atoms with Gasteiger partial charge in [0.15, 0.2) is 0 Å². The van der Waals surface area contributed by atoms with Gasteiger partial charge in [-0.15, -0.1) is 11.3 Å². The summed E-state index contributed by atoms with van der Waals surface area (Å²) < 4.78 is 1.07. The van der Waals surface area contributed by atoms with Crippen LogP contribution >= 0.6 is 27.3 Å². The molecule has 110 valence electrons. The lowest BCUT2D eigenvalue weighted by Gasteiger charge is -2.19. The highest BCUT2D eigenvalue weighted by Gasteiger charge is 2.30. The van der Waals surface area contributed by atoms with Crippen LogP contribution in [0.15, 0.2) is 40.9 Å². The Kier molecular flexibility index (Phi) is 4.42. The molecule has 0 spiro atoms. The molecule has 0 radical (unpaired) electrons. The van der Waals surface area contributed by atoms with Crippen molar-refractivity contribution in [3.8, 4) is 10.4 Å². The van der Waals surface area contributed by atoms with Crippen molar-refractivity contribution >= 4 is 33.2 Å². The standard InChI is InChI=1S/C16H16BrNO2S/c17-12-4-1-3-11(9-12)15-7-6-13(21-15)10-18-8-2-5-14(18)16(19)20/h1,3-4,6-7,9,14H,2,5,8,10H2,(H,19,20)/t14-/m1/s1. The van der Waals surface area contributed by atoms with Crippen LogP contribution in [-0.4, -0.2) is 28.6 Å². The van der Waals surface area contributed by atoms with Gasteiger partial charge in [-0.3, -0.25) is 9.69 Å². The van der Waals surface area contributed by atoms with E-state index in [1.807, 2.05) is 12.1 Å². The lowest BCUT2D eigenvalue weighted by molar-refractivity contribution is -0.142. The number of benzene rings is 1. The van der Waals surface area contributed by atoms with Crippen molar-refractivity contribution in [2.75, 3.05) is 6.54 Å². The summed E-state index contributed by atoms with van der Waals surface area (Å²) in [7, 11) is 0. The molecule has 1 aliphatic rings. The van der Waals surface area contributed by atoms with Gasteiger partial charge in [-0.1, -0.05) is 28.1 Å². The third kappa shape index (κ3) is 3.36. The van der Waals surface area contributed by atoms with Gasteiger partial charge in [0.2, 0.25) is 0 Å². The van der Waals surface area contributed by atoms with Crippen LogP contribution in [0.1, 0.15) is 17.7 Å². The van der Waals surface area contributed by atoms with Crippen LogP contribution in [0.4, 0.5) is 0 Å². The van der Waals surface area contributed by atoms with Crippen LogP contribution in [-0.2, 0) is 11.3 Å². The summed E-state index contributed by atoms with van der Waals surface area (Å²) in [5, 5.41) is 9.23. The molecule has 1 aromatic carbocycles. The van der Waals surface area contributed by atoms with E-state index in [1.54, 1.807) is 11.3 Å². The van der Waals surface area contributed by atoms with Crippen molar-refractivity contribution in [1.82, 2.24) is 4.90 Å². The highest BCUT2D eigenvalue weighted by Crippen LogP contribution is 2.31. The van der Waals surface area contributed by atoms with E-state index in [0.29, 0.717) is 0 Å². The molecule has 21 heavy (non-hydrogen) atoms. The molecule has 1 aliphatic heterocycles. The van der Waals surface area contributed by atoms with Crippen molar-refractivity contribution in [3.63, 3.8) is 0 Å². The maximum atomic E-state index is 11.2. The van der Waals surface area contributed by atoms with Crippen LogP contribution < -0.4 is 0 Å². The first kappa shape index (κ1) is 14.8. The van der Waals surface area contributed by atoms with Gasteiger partial charge in [0.25, 0.3) is 0 Å². The van der Waals surface area contributed by atoms with Gasteiger partial charge >= 0.3 is 5.97 Å². The van der Waals surface area contributed by atoms with Gasteiger partial charge in [-0.2, -0.15) is 0 Å². The van der Waals surface area contributed by atoms with E-state index in [2.05, 4.69) is 45.1 Å². The van der Waals surface area contributed by atoms with E-state index < -0.39 is 5.97 Å². The van der Waals surface area contributed by atoms with Gasteiger partial charge in [0.05, 0.1) is 0 Å². The van der Waals surface area contributed by atoms with Crippen LogP contribution in [0.5, 0.6) is 0 Å². The minimum Gasteiger partial charge on any atom is -0.480 e. The van der Waals surface area contributed by atoms with E-state index in [-0.39, 0.29) is 6.04 Å². The number of carboxylic acid groups (broad SMARTS) is 1. The number of thiophene rings is 1. The molecule has 0 saturated carbocycles. The molecule has 3 nitrogen and oxygen atoms in total. The quantitative estimate of drug-likeness (QED) is 0.881. The Morgan fingerprint density at radius 1 is 1.38 bits per heavy atom. The number of likely N-dealkylation sites (tertiary alicyclic amines) is 1. The second-order valence-corrected chi connectivity index (χ2v) is 7.33. The summed E-state index contributed by atoms with van der Waals surface area (Å²) in [6.07, 6.45) is 1.74. The predicted octanol–water partition coefficient (Wildman–Crippen LogP) is 4.23. The monoisotopic (exact) mass is 365 g/mol. The molecule has 1 fully saturated rings. The minimum atomic E-state index is -0.698. The van der Waals surface area contributed by atoms with E-state index in [4.69, 9.17) is 0 Å². The number of carbonyl (C=O) groups is 1. The molecule has 0 amide bonds. The van der Waals surface area contributed by atoms with E-state index in [0.717, 1.165) is 30.4 Å². The van der Waals surface area contributed by atoms with Gasteiger partial charge < -0.3 is 5.11 Å². The SMILES string of the molecule is O=C(O)[C@H]1CCCN1Cc1ccc(-c2cccc(Br)c2)s1. The summed E-state index contributed by atoms with van der Waals surface area (Å²) >= 11 is 5.23. The molecule has 1 atom stereocenters. The Morgan fingerprint density at radius 3 is 3.00 bits per heavy atom. The fourth-order valence-corrected chi connectivity index (χ4v) is 4.18. The van der Waals surface area contributed by atoms with Crippen LogP contribution in [0, 0.1) is 0 Å². The zero-order valence-corrected chi connectivity index (χ0v) is 13.9. The normalized spacial score (nSPS) is 19.0. The summed E-state index contributed by atoms with van der Waals surface area (Å²) in [4.78, 5) is 15.7. The Labute approximate surface area is 136 Å². The molecule has 2 heterocycles. The van der Waals surface area contributed by atoms with E-state index >= 15 is 0 Å². The number of nitrogens with zero attached hydrogens (tertiary/aromatic N) is 1. The summed E-state index contributed by atoms with van der Waals surface area (Å²) in [6, 6.07) is 12.1. The summed E-state index contributed by atoms with van der Waals surface area (Å²) in [6.45, 7) is 1.61. The van der Waals surface area contributed by atoms with E-state index in [9.17, 15) is 9.90 Å².